The van der Waals surface area contributed by atoms with Gasteiger partial charge in [0.15, 0.2) is 5.78 Å². The van der Waals surface area contributed by atoms with E-state index in [0.29, 0.717) is 21.4 Å². The third-order valence-electron chi connectivity index (χ3n) is 8.16. The molecule has 0 aliphatic heterocycles. The van der Waals surface area contributed by atoms with Gasteiger partial charge < -0.3 is 0 Å². The first-order chi connectivity index (χ1) is 19.5. The molecule has 1 fully saturated rings. The van der Waals surface area contributed by atoms with Crippen molar-refractivity contribution in [1.29, 1.82) is 0 Å². The van der Waals surface area contributed by atoms with Gasteiger partial charge in [0.2, 0.25) is 0 Å². The number of pyridine rings is 1. The number of halogens is 3. The molecule has 4 nitrogen and oxygen atoms in total. The number of ketones is 1. The number of hydrogen-bond donors (Lipinski definition) is 0. The first-order valence-electron chi connectivity index (χ1n) is 14.0. The van der Waals surface area contributed by atoms with E-state index in [9.17, 15) is 9.18 Å². The van der Waals surface area contributed by atoms with Crippen LogP contribution in [0.1, 0.15) is 83.9 Å². The number of rotatable bonds is 5. The highest BCUT2D eigenvalue weighted by Crippen LogP contribution is 2.42. The molecule has 2 atom stereocenters. The smallest absolute Gasteiger partial charge is 0.187 e. The Labute approximate surface area is 243 Å². The Morgan fingerprint density at radius 1 is 0.950 bits per heavy atom. The van der Waals surface area contributed by atoms with Crippen molar-refractivity contribution in [3.8, 4) is 5.69 Å². The lowest BCUT2D eigenvalue weighted by molar-refractivity contribution is 0.0859. The Morgan fingerprint density at radius 2 is 1.75 bits per heavy atom. The van der Waals surface area contributed by atoms with Crippen molar-refractivity contribution in [3.63, 3.8) is 0 Å². The SMILES string of the molecule is O=C(c1nn(-c2ccc(Cl)cc2Cl)c2c1CCCCC2=Cc1ccc(F)cc1)C1CCCCC1c1ccccn1. The summed E-state index contributed by atoms with van der Waals surface area (Å²) in [5.41, 5.74) is 6.01. The van der Waals surface area contributed by atoms with Gasteiger partial charge in [-0.1, -0.05) is 54.2 Å². The van der Waals surface area contributed by atoms with Crippen molar-refractivity contribution in [2.24, 2.45) is 5.92 Å². The first kappa shape index (κ1) is 26.9. The van der Waals surface area contributed by atoms with Gasteiger partial charge in [0, 0.05) is 34.3 Å². The zero-order chi connectivity index (χ0) is 27.6. The summed E-state index contributed by atoms with van der Waals surface area (Å²) >= 11 is 13.0. The van der Waals surface area contributed by atoms with E-state index in [4.69, 9.17) is 28.3 Å². The number of carbonyl (C=O) groups is 1. The molecule has 2 aromatic carbocycles. The minimum absolute atomic E-state index is 0.0716. The molecule has 2 aromatic heterocycles. The highest BCUT2D eigenvalue weighted by Gasteiger charge is 2.37. The van der Waals surface area contributed by atoms with Crippen LogP contribution in [-0.4, -0.2) is 20.5 Å². The molecule has 4 aromatic rings. The minimum Gasteiger partial charge on any atom is -0.292 e. The molecule has 0 amide bonds. The van der Waals surface area contributed by atoms with Gasteiger partial charge in [-0.15, -0.1) is 0 Å². The largest absolute Gasteiger partial charge is 0.292 e. The van der Waals surface area contributed by atoms with Crippen LogP contribution in [0.4, 0.5) is 4.39 Å². The fraction of sp³-hybridized carbons (Fsp3) is 0.303. The van der Waals surface area contributed by atoms with Crippen LogP contribution in [0.3, 0.4) is 0 Å². The molecule has 7 heteroatoms. The highest BCUT2D eigenvalue weighted by molar-refractivity contribution is 6.35. The van der Waals surface area contributed by atoms with Crippen LogP contribution in [-0.2, 0) is 6.42 Å². The molecule has 204 valence electrons. The maximum Gasteiger partial charge on any atom is 0.187 e. The molecule has 2 aliphatic rings. The third kappa shape index (κ3) is 5.37. The fourth-order valence-electron chi connectivity index (χ4n) is 6.25. The van der Waals surface area contributed by atoms with Gasteiger partial charge in [-0.25, -0.2) is 9.07 Å². The Balaban J connectivity index is 1.51. The topological polar surface area (TPSA) is 47.8 Å². The number of fused-ring (bicyclic) bond motifs is 1. The van der Waals surface area contributed by atoms with E-state index < -0.39 is 0 Å². The first-order valence-corrected chi connectivity index (χ1v) is 14.7. The molecule has 1 saturated carbocycles. The molecule has 0 N–H and O–H groups in total. The van der Waals surface area contributed by atoms with Gasteiger partial charge >= 0.3 is 0 Å². The molecule has 40 heavy (non-hydrogen) atoms. The third-order valence-corrected chi connectivity index (χ3v) is 8.70. The standard InChI is InChI=1S/C33H30Cl2FN3O/c34-23-14-17-30(28(35)20-23)39-32-22(19-21-12-15-24(36)16-13-21)7-1-2-10-27(32)31(38-39)33(40)26-9-4-3-8-25(26)29-11-5-6-18-37-29/h5-6,11-20,25-26H,1-4,7-10H2. The number of nitrogens with zero attached hydrogens (tertiary/aromatic N) is 3. The molecule has 0 radical (unpaired) electrons. The summed E-state index contributed by atoms with van der Waals surface area (Å²) in [6.07, 6.45) is 11.2. The number of allylic oxidation sites excluding steroid dienone is 1. The maximum atomic E-state index is 14.4. The average Bonchev–Trinajstić information content (AvgIpc) is 3.22. The van der Waals surface area contributed by atoms with Crippen molar-refractivity contribution >= 4 is 40.6 Å². The van der Waals surface area contributed by atoms with Crippen LogP contribution in [0, 0.1) is 11.7 Å². The summed E-state index contributed by atoms with van der Waals surface area (Å²) in [6.45, 7) is 0. The van der Waals surface area contributed by atoms with E-state index >= 15 is 0 Å². The van der Waals surface area contributed by atoms with Crippen LogP contribution in [0.5, 0.6) is 0 Å². The van der Waals surface area contributed by atoms with Crippen molar-refractivity contribution in [2.45, 2.75) is 57.3 Å². The van der Waals surface area contributed by atoms with E-state index in [-0.39, 0.29) is 23.4 Å². The second kappa shape index (κ2) is 11.7. The van der Waals surface area contributed by atoms with Gasteiger partial charge in [-0.05, 0) is 98.2 Å². The van der Waals surface area contributed by atoms with E-state index in [0.717, 1.165) is 79.5 Å². The Kier molecular flexibility index (Phi) is 7.86. The van der Waals surface area contributed by atoms with E-state index in [2.05, 4.69) is 11.1 Å². The molecule has 0 bridgehead atoms. The normalized spacial score (nSPS) is 20.2. The van der Waals surface area contributed by atoms with Gasteiger partial charge in [0.25, 0.3) is 0 Å². The molecule has 6 rings (SSSR count). The summed E-state index contributed by atoms with van der Waals surface area (Å²) in [6, 6.07) is 17.8. The van der Waals surface area contributed by atoms with E-state index in [1.165, 1.54) is 12.1 Å². The summed E-state index contributed by atoms with van der Waals surface area (Å²) in [5.74, 6) is -0.296. The van der Waals surface area contributed by atoms with Crippen molar-refractivity contribution in [2.75, 3.05) is 0 Å². The molecule has 2 heterocycles. The van der Waals surface area contributed by atoms with Gasteiger partial charge in [-0.3, -0.25) is 9.78 Å². The molecular formula is C33H30Cl2FN3O. The number of carbonyl (C=O) groups excluding carboxylic acids is 1. The molecule has 2 unspecified atom stereocenters. The Morgan fingerprint density at radius 3 is 2.52 bits per heavy atom. The fourth-order valence-corrected chi connectivity index (χ4v) is 6.74. The number of Topliss-reactive ketones (excluding diaryl/α,β-unsaturated/α-hetero) is 1. The second-order valence-corrected chi connectivity index (χ2v) is 11.6. The lowest BCUT2D eigenvalue weighted by atomic mass is 9.74. The molecule has 0 saturated heterocycles. The summed E-state index contributed by atoms with van der Waals surface area (Å²) < 4.78 is 15.5. The summed E-state index contributed by atoms with van der Waals surface area (Å²) in [5, 5.41) is 6.02. The number of hydrogen-bond acceptors (Lipinski definition) is 3. The van der Waals surface area contributed by atoms with Crippen LogP contribution in [0.15, 0.2) is 66.9 Å². The molecule has 0 spiro atoms. The van der Waals surface area contributed by atoms with Gasteiger partial charge in [0.1, 0.15) is 11.5 Å². The quantitative estimate of drug-likeness (QED) is 0.176. The zero-order valence-corrected chi connectivity index (χ0v) is 23.6. The van der Waals surface area contributed by atoms with Crippen LogP contribution >= 0.6 is 23.2 Å². The van der Waals surface area contributed by atoms with Gasteiger partial charge in [-0.2, -0.15) is 5.10 Å². The highest BCUT2D eigenvalue weighted by atomic mass is 35.5. The van der Waals surface area contributed by atoms with Gasteiger partial charge in [0.05, 0.1) is 16.4 Å². The lowest BCUT2D eigenvalue weighted by Gasteiger charge is -2.29. The molecule has 2 aliphatic carbocycles. The van der Waals surface area contributed by atoms with Crippen LogP contribution in [0.25, 0.3) is 17.3 Å². The van der Waals surface area contributed by atoms with Crippen molar-refractivity contribution in [1.82, 2.24) is 14.8 Å². The van der Waals surface area contributed by atoms with Crippen molar-refractivity contribution < 1.29 is 9.18 Å². The minimum atomic E-state index is -0.274. The number of aromatic nitrogens is 3. The van der Waals surface area contributed by atoms with E-state index in [1.54, 1.807) is 30.5 Å². The molecular weight excluding hydrogens is 544 g/mol. The average molecular weight is 575 g/mol. The summed E-state index contributed by atoms with van der Waals surface area (Å²) in [7, 11) is 0. The second-order valence-electron chi connectivity index (χ2n) is 10.7. The van der Waals surface area contributed by atoms with Crippen LogP contribution in [0.2, 0.25) is 10.0 Å². The number of benzene rings is 2. The Bertz CT molecular complexity index is 1560. The van der Waals surface area contributed by atoms with Crippen LogP contribution < -0.4 is 0 Å². The van der Waals surface area contributed by atoms with E-state index in [1.807, 2.05) is 28.9 Å². The Hall–Kier alpha value is -3.28. The predicted octanol–water partition coefficient (Wildman–Crippen LogP) is 9.14. The van der Waals surface area contributed by atoms with Crippen molar-refractivity contribution in [3.05, 3.63) is 111 Å². The monoisotopic (exact) mass is 573 g/mol. The maximum absolute atomic E-state index is 14.4. The predicted molar refractivity (Wildman–Crippen MR) is 159 cm³/mol. The zero-order valence-electron chi connectivity index (χ0n) is 22.1. The lowest BCUT2D eigenvalue weighted by Crippen LogP contribution is -2.27. The summed E-state index contributed by atoms with van der Waals surface area (Å²) in [4.78, 5) is 19.1.